The van der Waals surface area contributed by atoms with Gasteiger partial charge in [-0.3, -0.25) is 5.32 Å². The lowest BCUT2D eigenvalue weighted by Gasteiger charge is -2.21. The maximum Gasteiger partial charge on any atom is 0.0686 e. The molecule has 70 valence electrons. The Morgan fingerprint density at radius 2 is 2.08 bits per heavy atom. The van der Waals surface area contributed by atoms with Crippen LogP contribution in [0.3, 0.4) is 0 Å². The molecule has 0 aromatic rings. The molecule has 0 heterocycles. The predicted octanol–water partition coefficient (Wildman–Crippen LogP) is 0.938. The Hall–Kier alpha value is -0.520. The summed E-state index contributed by atoms with van der Waals surface area (Å²) in [6.45, 7) is 5.28. The number of likely N-dealkylation sites (N-methyl/N-ethyl adjacent to an activating group) is 1. The van der Waals surface area contributed by atoms with Gasteiger partial charge in [0, 0.05) is 12.6 Å². The molecule has 0 fully saturated rings. The Labute approximate surface area is 76.3 Å². The molecule has 0 aromatic heterocycles. The molecule has 0 aliphatic carbocycles. The summed E-state index contributed by atoms with van der Waals surface area (Å²) in [5.74, 6) is 2.73. The summed E-state index contributed by atoms with van der Waals surface area (Å²) >= 11 is 0. The van der Waals surface area contributed by atoms with Crippen molar-refractivity contribution >= 4 is 0 Å². The first-order valence-corrected chi connectivity index (χ1v) is 4.47. The molecule has 0 saturated heterocycles. The minimum atomic E-state index is 0.222. The Balaban J connectivity index is 3.68. The van der Waals surface area contributed by atoms with Crippen molar-refractivity contribution in [2.75, 3.05) is 20.6 Å². The maximum absolute atomic E-state index is 5.34. The van der Waals surface area contributed by atoms with Crippen LogP contribution in [0.2, 0.25) is 0 Å². The molecule has 0 spiro atoms. The number of rotatable bonds is 5. The molecular formula is C10H20N2. The van der Waals surface area contributed by atoms with E-state index in [0.717, 1.165) is 13.0 Å². The fourth-order valence-corrected chi connectivity index (χ4v) is 1.23. The van der Waals surface area contributed by atoms with E-state index in [1.54, 1.807) is 0 Å². The highest BCUT2D eigenvalue weighted by Crippen LogP contribution is 1.92. The molecule has 1 N–H and O–H groups in total. The van der Waals surface area contributed by atoms with Crippen LogP contribution >= 0.6 is 0 Å². The van der Waals surface area contributed by atoms with Crippen LogP contribution < -0.4 is 5.32 Å². The largest absolute Gasteiger partial charge is 0.308 e. The third-order valence-corrected chi connectivity index (χ3v) is 1.73. The third-order valence-electron chi connectivity index (χ3n) is 1.73. The van der Waals surface area contributed by atoms with Crippen LogP contribution in [0.15, 0.2) is 0 Å². The summed E-state index contributed by atoms with van der Waals surface area (Å²) in [4.78, 5) is 2.15. The second kappa shape index (κ2) is 6.05. The zero-order valence-corrected chi connectivity index (χ0v) is 8.59. The van der Waals surface area contributed by atoms with Crippen LogP contribution in [0.25, 0.3) is 0 Å². The van der Waals surface area contributed by atoms with Crippen molar-refractivity contribution in [3.8, 4) is 12.3 Å². The van der Waals surface area contributed by atoms with E-state index in [0.29, 0.717) is 6.04 Å². The first kappa shape index (κ1) is 11.5. The smallest absolute Gasteiger partial charge is 0.0686 e. The average Bonchev–Trinajstić information content (AvgIpc) is 1.98. The monoisotopic (exact) mass is 168 g/mol. The molecule has 2 unspecified atom stereocenters. The van der Waals surface area contributed by atoms with E-state index < -0.39 is 0 Å². The minimum absolute atomic E-state index is 0.222. The van der Waals surface area contributed by atoms with Gasteiger partial charge >= 0.3 is 0 Å². The Kier molecular flexibility index (Phi) is 5.79. The first-order valence-electron chi connectivity index (χ1n) is 4.47. The van der Waals surface area contributed by atoms with Crippen molar-refractivity contribution in [1.82, 2.24) is 10.2 Å². The summed E-state index contributed by atoms with van der Waals surface area (Å²) < 4.78 is 0. The lowest BCUT2D eigenvalue weighted by molar-refractivity contribution is 0.340. The molecule has 12 heavy (non-hydrogen) atoms. The Morgan fingerprint density at radius 3 is 2.42 bits per heavy atom. The molecule has 2 heteroatoms. The highest BCUT2D eigenvalue weighted by molar-refractivity contribution is 4.98. The van der Waals surface area contributed by atoms with Crippen molar-refractivity contribution in [2.24, 2.45) is 0 Å². The molecule has 2 atom stereocenters. The fourth-order valence-electron chi connectivity index (χ4n) is 1.23. The summed E-state index contributed by atoms with van der Waals surface area (Å²) in [6, 6.07) is 0.681. The van der Waals surface area contributed by atoms with E-state index in [1.807, 2.05) is 0 Å². The van der Waals surface area contributed by atoms with E-state index in [1.165, 1.54) is 0 Å². The van der Waals surface area contributed by atoms with Crippen molar-refractivity contribution in [3.63, 3.8) is 0 Å². The fraction of sp³-hybridized carbons (Fsp3) is 0.800. The molecule has 0 aliphatic heterocycles. The van der Waals surface area contributed by atoms with E-state index in [2.05, 4.69) is 44.1 Å². The first-order chi connectivity index (χ1) is 5.60. The minimum Gasteiger partial charge on any atom is -0.308 e. The number of nitrogens with one attached hydrogen (secondary N) is 1. The lowest BCUT2D eigenvalue weighted by atomic mass is 10.2. The normalized spacial score (nSPS) is 15.7. The molecule has 0 amide bonds. The van der Waals surface area contributed by atoms with Crippen LogP contribution in [-0.4, -0.2) is 37.6 Å². The lowest BCUT2D eigenvalue weighted by Crippen LogP contribution is -2.41. The number of hydrogen-bond acceptors (Lipinski definition) is 2. The second-order valence-electron chi connectivity index (χ2n) is 3.46. The van der Waals surface area contributed by atoms with E-state index in [4.69, 9.17) is 6.42 Å². The van der Waals surface area contributed by atoms with Crippen molar-refractivity contribution in [3.05, 3.63) is 0 Å². The van der Waals surface area contributed by atoms with Crippen molar-refractivity contribution in [1.29, 1.82) is 0 Å². The Bertz CT molecular complexity index is 146. The third kappa shape index (κ3) is 5.17. The predicted molar refractivity (Wildman–Crippen MR) is 54.1 cm³/mol. The van der Waals surface area contributed by atoms with Crippen LogP contribution in [-0.2, 0) is 0 Å². The van der Waals surface area contributed by atoms with Crippen LogP contribution in [0, 0.1) is 12.3 Å². The standard InChI is InChI=1S/C10H20N2/c1-6-10(7-2)11-9(3)8-12(4)5/h1,9-11H,7-8H2,2-5H3. The molecule has 0 aromatic carbocycles. The van der Waals surface area contributed by atoms with Crippen LogP contribution in [0.4, 0.5) is 0 Å². The van der Waals surface area contributed by atoms with Gasteiger partial charge in [-0.05, 0) is 27.4 Å². The van der Waals surface area contributed by atoms with Gasteiger partial charge in [0.05, 0.1) is 6.04 Å². The molecule has 0 bridgehead atoms. The van der Waals surface area contributed by atoms with Gasteiger partial charge in [0.1, 0.15) is 0 Å². The van der Waals surface area contributed by atoms with E-state index >= 15 is 0 Å². The van der Waals surface area contributed by atoms with Gasteiger partial charge in [-0.1, -0.05) is 12.8 Å². The highest BCUT2D eigenvalue weighted by Gasteiger charge is 2.07. The van der Waals surface area contributed by atoms with Gasteiger partial charge in [-0.25, -0.2) is 0 Å². The number of nitrogens with zero attached hydrogens (tertiary/aromatic N) is 1. The van der Waals surface area contributed by atoms with Gasteiger partial charge in [0.25, 0.3) is 0 Å². The van der Waals surface area contributed by atoms with Gasteiger partial charge in [-0.15, -0.1) is 6.42 Å². The van der Waals surface area contributed by atoms with Crippen LogP contribution in [0.1, 0.15) is 20.3 Å². The van der Waals surface area contributed by atoms with E-state index in [-0.39, 0.29) is 6.04 Å². The number of terminal acetylenes is 1. The van der Waals surface area contributed by atoms with Gasteiger partial charge in [0.15, 0.2) is 0 Å². The topological polar surface area (TPSA) is 15.3 Å². The summed E-state index contributed by atoms with van der Waals surface area (Å²) in [5, 5.41) is 3.37. The molecular weight excluding hydrogens is 148 g/mol. The second-order valence-corrected chi connectivity index (χ2v) is 3.46. The van der Waals surface area contributed by atoms with Crippen molar-refractivity contribution in [2.45, 2.75) is 32.4 Å². The molecule has 0 aliphatic rings. The van der Waals surface area contributed by atoms with Gasteiger partial charge < -0.3 is 4.90 Å². The molecule has 0 saturated carbocycles. The summed E-state index contributed by atoms with van der Waals surface area (Å²) in [7, 11) is 4.13. The van der Waals surface area contributed by atoms with Crippen LogP contribution in [0.5, 0.6) is 0 Å². The summed E-state index contributed by atoms with van der Waals surface area (Å²) in [6.07, 6.45) is 6.33. The van der Waals surface area contributed by atoms with Gasteiger partial charge in [0.2, 0.25) is 0 Å². The zero-order valence-electron chi connectivity index (χ0n) is 8.59. The molecule has 0 rings (SSSR count). The Morgan fingerprint density at radius 1 is 1.50 bits per heavy atom. The van der Waals surface area contributed by atoms with Gasteiger partial charge in [-0.2, -0.15) is 0 Å². The van der Waals surface area contributed by atoms with Crippen molar-refractivity contribution < 1.29 is 0 Å². The SMILES string of the molecule is C#CC(CC)NC(C)CN(C)C. The molecule has 2 nitrogen and oxygen atoms in total. The molecule has 0 radical (unpaired) electrons. The van der Waals surface area contributed by atoms with E-state index in [9.17, 15) is 0 Å². The highest BCUT2D eigenvalue weighted by atomic mass is 15.1. The zero-order chi connectivity index (χ0) is 9.56. The quantitative estimate of drug-likeness (QED) is 0.615. The summed E-state index contributed by atoms with van der Waals surface area (Å²) in [5.41, 5.74) is 0. The number of hydrogen-bond donors (Lipinski definition) is 1. The average molecular weight is 168 g/mol. The maximum atomic E-state index is 5.34.